The molecule has 0 heterocycles. The van der Waals surface area contributed by atoms with Crippen LogP contribution in [0.4, 0.5) is 0 Å². The number of nitrogens with two attached hydrogens (primary N) is 2. The molecule has 1 unspecified atom stereocenters. The molecule has 11 N–H and O–H groups in total. The van der Waals surface area contributed by atoms with E-state index in [0.717, 1.165) is 5.56 Å². The van der Waals surface area contributed by atoms with Crippen molar-refractivity contribution in [3.8, 4) is 0 Å². The number of guanidine groups is 1. The van der Waals surface area contributed by atoms with Crippen LogP contribution >= 0.6 is 0 Å². The summed E-state index contributed by atoms with van der Waals surface area (Å²) in [5.74, 6) is -3.72. The van der Waals surface area contributed by atoms with E-state index in [1.807, 2.05) is 6.07 Å². The van der Waals surface area contributed by atoms with Crippen molar-refractivity contribution in [2.75, 3.05) is 47.0 Å². The highest BCUT2D eigenvalue weighted by Crippen LogP contribution is 2.07. The maximum atomic E-state index is 13.3. The number of nitrogens with zero attached hydrogens (tertiary/aromatic N) is 1. The van der Waals surface area contributed by atoms with Crippen LogP contribution < -0.4 is 43.4 Å². The van der Waals surface area contributed by atoms with E-state index >= 15 is 0 Å². The van der Waals surface area contributed by atoms with Crippen molar-refractivity contribution in [2.24, 2.45) is 22.4 Å². The number of carbonyl (C=O) groups excluding carboxylic acids is 5. The molecule has 5 amide bonds. The molecule has 1 rings (SSSR count). The fourth-order valence-electron chi connectivity index (χ4n) is 4.10. The summed E-state index contributed by atoms with van der Waals surface area (Å²) in [4.78, 5) is 68.5. The van der Waals surface area contributed by atoms with E-state index in [-0.39, 0.29) is 38.6 Å². The van der Waals surface area contributed by atoms with Gasteiger partial charge in [0.2, 0.25) is 29.5 Å². The molecular weight excluding hydrogens is 586 g/mol. The highest BCUT2D eigenvalue weighted by atomic mass is 16.5. The van der Waals surface area contributed by atoms with Crippen LogP contribution in [-0.2, 0) is 35.1 Å². The normalized spacial score (nSPS) is 13.5. The summed E-state index contributed by atoms with van der Waals surface area (Å²) in [7, 11) is 3.17. The van der Waals surface area contributed by atoms with E-state index in [9.17, 15) is 29.1 Å². The number of amides is 5. The van der Waals surface area contributed by atoms with Crippen molar-refractivity contribution < 1.29 is 33.8 Å². The second-order valence-electron chi connectivity index (χ2n) is 10.6. The summed E-state index contributed by atoms with van der Waals surface area (Å²) in [5, 5.41) is 25.6. The van der Waals surface area contributed by atoms with E-state index in [1.54, 1.807) is 45.2 Å². The standard InChI is InChI=1S/C29H49N9O7/c1-18(2)24(38-26(42)20(11-8-12-34-29(30)31)35-23(40)17-45-14-13-32-3)28(44)37-22(16-39)27(43)36-21(25(41)33-4)15-19-9-6-5-7-10-19/h5-7,9-10,18,20-22,24,32,39H,8,11-17H2,1-4H3,(H,33,41)(H,35,40)(H,36,43)(H,37,44)(H,38,42)(H4,30,31,34)/t20-,21-,22-,24?/m0/s1. The van der Waals surface area contributed by atoms with Crippen molar-refractivity contribution in [1.29, 1.82) is 0 Å². The lowest BCUT2D eigenvalue weighted by molar-refractivity contribution is -0.136. The van der Waals surface area contributed by atoms with Gasteiger partial charge in [-0.15, -0.1) is 0 Å². The third-order valence-electron chi connectivity index (χ3n) is 6.55. The minimum absolute atomic E-state index is 0.112. The summed E-state index contributed by atoms with van der Waals surface area (Å²) < 4.78 is 5.28. The predicted octanol–water partition coefficient (Wildman–Crippen LogP) is -3.15. The lowest BCUT2D eigenvalue weighted by Gasteiger charge is -2.27. The Hall–Kier alpha value is -4.28. The minimum atomic E-state index is -1.41. The number of benzene rings is 1. The Balaban J connectivity index is 2.97. The molecule has 0 aliphatic heterocycles. The highest BCUT2D eigenvalue weighted by Gasteiger charge is 2.32. The van der Waals surface area contributed by atoms with E-state index in [1.165, 1.54) is 7.05 Å². The maximum absolute atomic E-state index is 13.3. The third-order valence-corrected chi connectivity index (χ3v) is 6.55. The molecule has 252 valence electrons. The second kappa shape index (κ2) is 21.4. The van der Waals surface area contributed by atoms with Crippen molar-refractivity contribution in [2.45, 2.75) is 57.3 Å². The Bertz CT molecular complexity index is 1110. The van der Waals surface area contributed by atoms with Gasteiger partial charge >= 0.3 is 0 Å². The second-order valence-corrected chi connectivity index (χ2v) is 10.6. The number of aliphatic imine (C=N–C) groups is 1. The Morgan fingerprint density at radius 1 is 0.867 bits per heavy atom. The van der Waals surface area contributed by atoms with Crippen LogP contribution in [0.1, 0.15) is 32.3 Å². The molecule has 0 radical (unpaired) electrons. The van der Waals surface area contributed by atoms with Gasteiger partial charge in [0.1, 0.15) is 30.8 Å². The van der Waals surface area contributed by atoms with Crippen LogP contribution in [0, 0.1) is 5.92 Å². The number of carbonyl (C=O) groups is 5. The Labute approximate surface area is 263 Å². The van der Waals surface area contributed by atoms with Crippen molar-refractivity contribution >= 4 is 35.5 Å². The first-order valence-electron chi connectivity index (χ1n) is 14.8. The zero-order valence-electron chi connectivity index (χ0n) is 26.4. The van der Waals surface area contributed by atoms with Crippen molar-refractivity contribution in [3.63, 3.8) is 0 Å². The highest BCUT2D eigenvalue weighted by molar-refractivity contribution is 5.95. The summed E-state index contributed by atoms with van der Waals surface area (Å²) in [6, 6.07) is 4.46. The van der Waals surface area contributed by atoms with Crippen LogP contribution in [0.15, 0.2) is 35.3 Å². The van der Waals surface area contributed by atoms with E-state index in [2.05, 4.69) is 36.9 Å². The first kappa shape index (κ1) is 38.7. The van der Waals surface area contributed by atoms with Gasteiger partial charge in [-0.05, 0) is 31.4 Å². The van der Waals surface area contributed by atoms with Crippen LogP contribution in [0.25, 0.3) is 0 Å². The predicted molar refractivity (Wildman–Crippen MR) is 169 cm³/mol. The molecule has 1 aromatic rings. The maximum Gasteiger partial charge on any atom is 0.246 e. The first-order chi connectivity index (χ1) is 21.4. The number of aliphatic hydroxyl groups is 1. The third kappa shape index (κ3) is 15.3. The zero-order valence-corrected chi connectivity index (χ0v) is 26.4. The van der Waals surface area contributed by atoms with E-state index in [0.29, 0.717) is 13.0 Å². The molecule has 0 fully saturated rings. The molecule has 0 bridgehead atoms. The average molecular weight is 636 g/mol. The Morgan fingerprint density at radius 2 is 1.51 bits per heavy atom. The van der Waals surface area contributed by atoms with Gasteiger partial charge in [-0.2, -0.15) is 0 Å². The molecule has 0 aliphatic rings. The van der Waals surface area contributed by atoms with Gasteiger partial charge < -0.3 is 53.2 Å². The van der Waals surface area contributed by atoms with Crippen LogP contribution in [0.2, 0.25) is 0 Å². The molecule has 0 spiro atoms. The fraction of sp³-hybridized carbons (Fsp3) is 0.586. The van der Waals surface area contributed by atoms with Crippen molar-refractivity contribution in [3.05, 3.63) is 35.9 Å². The fourth-order valence-corrected chi connectivity index (χ4v) is 4.10. The zero-order chi connectivity index (χ0) is 33.8. The topological polar surface area (TPSA) is 251 Å². The summed E-state index contributed by atoms with van der Waals surface area (Å²) in [6.45, 7) is 3.36. The van der Waals surface area contributed by atoms with Gasteiger partial charge in [-0.3, -0.25) is 29.0 Å². The number of ether oxygens (including phenoxy) is 1. The molecule has 4 atom stereocenters. The average Bonchev–Trinajstić information content (AvgIpc) is 3.01. The molecular formula is C29H49N9O7. The Kier molecular flexibility index (Phi) is 18.4. The molecule has 16 heteroatoms. The Morgan fingerprint density at radius 3 is 2.09 bits per heavy atom. The minimum Gasteiger partial charge on any atom is -0.394 e. The summed E-state index contributed by atoms with van der Waals surface area (Å²) in [5.41, 5.74) is 11.5. The van der Waals surface area contributed by atoms with Crippen LogP contribution in [0.5, 0.6) is 0 Å². The van der Waals surface area contributed by atoms with Gasteiger partial charge in [0, 0.05) is 26.6 Å². The largest absolute Gasteiger partial charge is 0.394 e. The summed E-state index contributed by atoms with van der Waals surface area (Å²) in [6.07, 6.45) is 0.679. The van der Waals surface area contributed by atoms with Gasteiger partial charge in [-0.1, -0.05) is 44.2 Å². The number of aliphatic hydroxyl groups excluding tert-OH is 1. The quantitative estimate of drug-likeness (QED) is 0.0373. The number of likely N-dealkylation sites (N-methyl/N-ethyl adjacent to an activating group) is 2. The van der Waals surface area contributed by atoms with Crippen molar-refractivity contribution in [1.82, 2.24) is 31.9 Å². The smallest absolute Gasteiger partial charge is 0.246 e. The lowest BCUT2D eigenvalue weighted by Crippen LogP contribution is -2.60. The van der Waals surface area contributed by atoms with Gasteiger partial charge in [0.05, 0.1) is 13.2 Å². The lowest BCUT2D eigenvalue weighted by atomic mass is 10.0. The SMILES string of the molecule is CNCCOCC(=O)N[C@@H](CCCN=C(N)N)C(=O)NC(C(=O)N[C@@H](CO)C(=O)N[C@@H](Cc1ccccc1)C(=O)NC)C(C)C. The van der Waals surface area contributed by atoms with E-state index in [4.69, 9.17) is 16.2 Å². The number of hydrogen-bond acceptors (Lipinski definition) is 9. The van der Waals surface area contributed by atoms with E-state index < -0.39 is 66.2 Å². The molecule has 0 saturated carbocycles. The number of rotatable bonds is 21. The number of nitrogens with one attached hydrogen (secondary N) is 6. The molecule has 0 aliphatic carbocycles. The van der Waals surface area contributed by atoms with Gasteiger partial charge in [0.25, 0.3) is 0 Å². The number of hydrogen-bond donors (Lipinski definition) is 9. The molecule has 1 aromatic carbocycles. The molecule has 0 aromatic heterocycles. The van der Waals surface area contributed by atoms with Crippen LogP contribution in [-0.4, -0.2) is 112 Å². The van der Waals surface area contributed by atoms with Crippen LogP contribution in [0.3, 0.4) is 0 Å². The van der Waals surface area contributed by atoms with Gasteiger partial charge in [-0.25, -0.2) is 0 Å². The molecule has 45 heavy (non-hydrogen) atoms. The summed E-state index contributed by atoms with van der Waals surface area (Å²) >= 11 is 0. The van der Waals surface area contributed by atoms with Gasteiger partial charge in [0.15, 0.2) is 5.96 Å². The first-order valence-corrected chi connectivity index (χ1v) is 14.8. The molecule has 0 saturated heterocycles. The monoisotopic (exact) mass is 635 g/mol. The molecule has 16 nitrogen and oxygen atoms in total.